The molecule has 0 saturated heterocycles. The molecule has 0 bridgehead atoms. The van der Waals surface area contributed by atoms with Gasteiger partial charge in [0.25, 0.3) is 0 Å². The van der Waals surface area contributed by atoms with Crippen LogP contribution in [0.1, 0.15) is 0 Å². The average Bonchev–Trinajstić information content (AvgIpc) is 3.93. The van der Waals surface area contributed by atoms with Gasteiger partial charge in [0.15, 0.2) is 17.5 Å². The van der Waals surface area contributed by atoms with Crippen molar-refractivity contribution in [2.75, 3.05) is 0 Å². The van der Waals surface area contributed by atoms with Gasteiger partial charge in [-0.3, -0.25) is 0 Å². The maximum atomic E-state index is 5.47. The van der Waals surface area contributed by atoms with Crippen molar-refractivity contribution in [1.29, 1.82) is 0 Å². The number of hydrogen-bond acceptors (Lipinski definition) is 3. The number of fused-ring (bicyclic) bond motifs is 12. The van der Waals surface area contributed by atoms with E-state index in [1.54, 1.807) is 0 Å². The molecule has 0 saturated carbocycles. The summed E-state index contributed by atoms with van der Waals surface area (Å²) in [7, 11) is 0. The minimum atomic E-state index is 0.594. The summed E-state index contributed by atoms with van der Waals surface area (Å²) in [6, 6.07) is 84.6. The van der Waals surface area contributed by atoms with E-state index in [1.165, 1.54) is 59.5 Å². The van der Waals surface area contributed by atoms with Crippen molar-refractivity contribution in [2.24, 2.45) is 0 Å². The molecule has 68 heavy (non-hydrogen) atoms. The van der Waals surface area contributed by atoms with Crippen LogP contribution in [0.5, 0.6) is 0 Å². The summed E-state index contributed by atoms with van der Waals surface area (Å²) in [6.07, 6.45) is 0. The summed E-state index contributed by atoms with van der Waals surface area (Å²) in [6.45, 7) is 0. The lowest BCUT2D eigenvalue weighted by Crippen LogP contribution is -2.04. The Hall–Kier alpha value is -9.19. The van der Waals surface area contributed by atoms with Gasteiger partial charge in [0.1, 0.15) is 0 Å². The molecule has 0 aliphatic carbocycles. The summed E-state index contributed by atoms with van der Waals surface area (Å²) in [4.78, 5) is 16.1. The van der Waals surface area contributed by atoms with Gasteiger partial charge in [0, 0.05) is 43.9 Å². The molecule has 0 amide bonds. The van der Waals surface area contributed by atoms with Gasteiger partial charge in [-0.15, -0.1) is 0 Å². The van der Waals surface area contributed by atoms with E-state index in [0.29, 0.717) is 17.5 Å². The van der Waals surface area contributed by atoms with Crippen LogP contribution in [0.3, 0.4) is 0 Å². The maximum Gasteiger partial charge on any atom is 0.166 e. The number of aromatic nitrogens is 5. The molecule has 0 spiro atoms. The van der Waals surface area contributed by atoms with Crippen LogP contribution in [0, 0.1) is 0 Å². The summed E-state index contributed by atoms with van der Waals surface area (Å²) < 4.78 is 4.82. The molecule has 3 aromatic heterocycles. The Balaban J connectivity index is 1.05. The zero-order valence-electron chi connectivity index (χ0n) is 36.8. The highest BCUT2D eigenvalue weighted by atomic mass is 15.1. The molecule has 5 nitrogen and oxygen atoms in total. The van der Waals surface area contributed by atoms with E-state index >= 15 is 0 Å². The molecule has 14 aromatic rings. The highest BCUT2D eigenvalue weighted by Gasteiger charge is 2.22. The fourth-order valence-electron chi connectivity index (χ4n) is 10.7. The minimum absolute atomic E-state index is 0.594. The predicted octanol–water partition coefficient (Wildman–Crippen LogP) is 16.2. The third-order valence-corrected chi connectivity index (χ3v) is 13.8. The zero-order chi connectivity index (χ0) is 44.7. The average molecular weight is 866 g/mol. The number of hydrogen-bond donors (Lipinski definition) is 0. The van der Waals surface area contributed by atoms with Crippen molar-refractivity contribution in [2.45, 2.75) is 0 Å². The fourth-order valence-corrected chi connectivity index (χ4v) is 10.7. The Morgan fingerprint density at radius 3 is 1.26 bits per heavy atom. The largest absolute Gasteiger partial charge is 0.309 e. The van der Waals surface area contributed by atoms with Gasteiger partial charge in [-0.1, -0.05) is 188 Å². The normalized spacial score (nSPS) is 11.8. The van der Waals surface area contributed by atoms with E-state index in [4.69, 9.17) is 15.0 Å². The molecule has 3 heterocycles. The van der Waals surface area contributed by atoms with Gasteiger partial charge >= 0.3 is 0 Å². The van der Waals surface area contributed by atoms with E-state index in [1.807, 2.05) is 18.2 Å². The zero-order valence-corrected chi connectivity index (χ0v) is 36.8. The van der Waals surface area contributed by atoms with Gasteiger partial charge in [-0.25, -0.2) is 15.0 Å². The predicted molar refractivity (Wildman–Crippen MR) is 283 cm³/mol. The summed E-state index contributed by atoms with van der Waals surface area (Å²) >= 11 is 0. The van der Waals surface area contributed by atoms with Crippen LogP contribution in [0.25, 0.3) is 133 Å². The smallest absolute Gasteiger partial charge is 0.166 e. The van der Waals surface area contributed by atoms with Crippen LogP contribution in [0.15, 0.2) is 237 Å². The summed E-state index contributed by atoms with van der Waals surface area (Å²) in [5.74, 6) is 1.82. The molecular weight excluding hydrogens is 827 g/mol. The van der Waals surface area contributed by atoms with Gasteiger partial charge < -0.3 is 9.13 Å². The number of nitrogens with zero attached hydrogens (tertiary/aromatic N) is 5. The summed E-state index contributed by atoms with van der Waals surface area (Å²) in [5, 5.41) is 12.1. The lowest BCUT2D eigenvalue weighted by Gasteiger charge is -2.17. The quantitative estimate of drug-likeness (QED) is 0.156. The van der Waals surface area contributed by atoms with Crippen LogP contribution >= 0.6 is 0 Å². The molecule has 0 atom stereocenters. The molecule has 5 heteroatoms. The molecule has 0 unspecified atom stereocenters. The fraction of sp³-hybridized carbons (Fsp3) is 0. The third-order valence-electron chi connectivity index (χ3n) is 13.8. The molecule has 0 aliphatic rings. The van der Waals surface area contributed by atoms with E-state index in [-0.39, 0.29) is 0 Å². The van der Waals surface area contributed by atoms with E-state index < -0.39 is 0 Å². The van der Waals surface area contributed by atoms with Gasteiger partial charge in [-0.2, -0.15) is 0 Å². The second kappa shape index (κ2) is 15.2. The molecule has 0 N–H and O–H groups in total. The van der Waals surface area contributed by atoms with Crippen LogP contribution in [-0.2, 0) is 0 Å². The molecule has 0 aliphatic heterocycles. The van der Waals surface area contributed by atoms with Crippen LogP contribution < -0.4 is 0 Å². The van der Waals surface area contributed by atoms with E-state index in [0.717, 1.165) is 55.6 Å². The second-order valence-corrected chi connectivity index (χ2v) is 17.5. The first kappa shape index (κ1) is 38.1. The lowest BCUT2D eigenvalue weighted by atomic mass is 9.93. The Morgan fingerprint density at radius 1 is 0.235 bits per heavy atom. The molecule has 0 radical (unpaired) electrons. The van der Waals surface area contributed by atoms with Gasteiger partial charge in [-0.05, 0) is 92.0 Å². The van der Waals surface area contributed by atoms with Crippen LogP contribution in [-0.4, -0.2) is 24.1 Å². The van der Waals surface area contributed by atoms with Gasteiger partial charge in [0.05, 0.1) is 27.8 Å². The van der Waals surface area contributed by atoms with Crippen LogP contribution in [0.4, 0.5) is 0 Å². The second-order valence-electron chi connectivity index (χ2n) is 17.5. The SMILES string of the molecule is c1ccc(-c2ccc(-c3nc(-c4ccccc4)nc(-c4ccc5c6ccccc6c6ccccc6c5c4)n3)c(-n3c4ccccc4c4ccc(-n5c6ccccc6c6ccccc65)cc43)c2)cc1. The van der Waals surface area contributed by atoms with Gasteiger partial charge in [0.2, 0.25) is 0 Å². The van der Waals surface area contributed by atoms with Crippen LogP contribution in [0.2, 0.25) is 0 Å². The number of benzene rings is 11. The maximum absolute atomic E-state index is 5.47. The topological polar surface area (TPSA) is 48.5 Å². The van der Waals surface area contributed by atoms with E-state index in [2.05, 4.69) is 228 Å². The monoisotopic (exact) mass is 865 g/mol. The van der Waals surface area contributed by atoms with Crippen molar-refractivity contribution in [3.8, 4) is 56.7 Å². The highest BCUT2D eigenvalue weighted by Crippen LogP contribution is 2.42. The minimum Gasteiger partial charge on any atom is -0.309 e. The number of rotatable bonds is 6. The molecule has 11 aromatic carbocycles. The standard InChI is InChI=1S/C63H39N5/c1-3-17-40(18-4-1)42-31-35-54(59(38-42)68-58-30-16-13-27-52(58)53-36-33-44(39-60(53)68)67-56-28-14-11-25-50(56)51-26-12-15-29-57(51)67)63-65-61(41-19-5-2-6-20-41)64-62(66-63)43-32-34-49-47-23-8-7-21-45(47)46-22-9-10-24-48(46)55(49)37-43/h1-39H. The Bertz CT molecular complexity index is 4230. The Kier molecular flexibility index (Phi) is 8.52. The molecular formula is C63H39N5. The number of para-hydroxylation sites is 3. The van der Waals surface area contributed by atoms with Crippen molar-refractivity contribution in [3.63, 3.8) is 0 Å². The molecule has 14 rings (SSSR count). The Morgan fingerprint density at radius 2 is 0.662 bits per heavy atom. The summed E-state index contributed by atoms with van der Waals surface area (Å²) in [5.41, 5.74) is 11.6. The van der Waals surface area contributed by atoms with Crippen molar-refractivity contribution < 1.29 is 0 Å². The lowest BCUT2D eigenvalue weighted by molar-refractivity contribution is 1.06. The van der Waals surface area contributed by atoms with Crippen molar-refractivity contribution in [3.05, 3.63) is 237 Å². The Labute approximate surface area is 391 Å². The molecule has 316 valence electrons. The highest BCUT2D eigenvalue weighted by molar-refractivity contribution is 6.25. The van der Waals surface area contributed by atoms with Crippen molar-refractivity contribution >= 4 is 75.9 Å². The first-order chi connectivity index (χ1) is 33.7. The van der Waals surface area contributed by atoms with E-state index in [9.17, 15) is 0 Å². The first-order valence-corrected chi connectivity index (χ1v) is 23.1. The third kappa shape index (κ3) is 5.93. The first-order valence-electron chi connectivity index (χ1n) is 23.1. The molecule has 0 fully saturated rings. The van der Waals surface area contributed by atoms with Crippen molar-refractivity contribution in [1.82, 2.24) is 24.1 Å².